The Morgan fingerprint density at radius 2 is 2.36 bits per heavy atom. The van der Waals surface area contributed by atoms with Crippen molar-refractivity contribution in [2.45, 2.75) is 45.2 Å². The van der Waals surface area contributed by atoms with Crippen LogP contribution in [-0.4, -0.2) is 44.1 Å². The molecule has 124 valence electrons. The maximum absolute atomic E-state index is 4.35. The molecule has 0 spiro atoms. The fourth-order valence-electron chi connectivity index (χ4n) is 3.14. The van der Waals surface area contributed by atoms with Gasteiger partial charge in [0, 0.05) is 30.6 Å². The predicted octanol–water partition coefficient (Wildman–Crippen LogP) is 3.09. The summed E-state index contributed by atoms with van der Waals surface area (Å²) in [5, 5.41) is 9.16. The lowest BCUT2D eigenvalue weighted by atomic mass is 9.88. The van der Waals surface area contributed by atoms with E-state index in [1.165, 1.54) is 24.3 Å². The third-order valence-electron chi connectivity index (χ3n) is 4.59. The number of hydrogen-bond acceptors (Lipinski definition) is 3. The lowest BCUT2D eigenvalue weighted by molar-refractivity contribution is 0.125. The van der Waals surface area contributed by atoms with Crippen molar-refractivity contribution < 1.29 is 0 Å². The Balaban J connectivity index is 1.97. The van der Waals surface area contributed by atoms with Gasteiger partial charge >= 0.3 is 0 Å². The van der Waals surface area contributed by atoms with Gasteiger partial charge in [-0.3, -0.25) is 9.89 Å². The molecule has 1 saturated heterocycles. The standard InChI is InChI=1S/C17H30N4S/c1-5-13(2)20-17(18-3)19-12-14-8-6-10-21(4)16(14)15-9-7-11-22-15/h7,9,11,13-14,16H,5-6,8,10,12H2,1-4H3,(H2,18,19,20). The van der Waals surface area contributed by atoms with E-state index < -0.39 is 0 Å². The van der Waals surface area contributed by atoms with Gasteiger partial charge in [0.05, 0.1) is 0 Å². The fourth-order valence-corrected chi connectivity index (χ4v) is 4.12. The highest BCUT2D eigenvalue weighted by Gasteiger charge is 2.31. The molecule has 0 bridgehead atoms. The zero-order valence-corrected chi connectivity index (χ0v) is 15.1. The lowest BCUT2D eigenvalue weighted by Crippen LogP contribution is -2.46. The van der Waals surface area contributed by atoms with Crippen molar-refractivity contribution in [3.63, 3.8) is 0 Å². The minimum absolute atomic E-state index is 0.452. The Bertz CT molecular complexity index is 457. The van der Waals surface area contributed by atoms with Crippen LogP contribution >= 0.6 is 11.3 Å². The molecule has 22 heavy (non-hydrogen) atoms. The van der Waals surface area contributed by atoms with Crippen molar-refractivity contribution in [3.8, 4) is 0 Å². The van der Waals surface area contributed by atoms with Crippen molar-refractivity contribution in [3.05, 3.63) is 22.4 Å². The van der Waals surface area contributed by atoms with Gasteiger partial charge in [-0.15, -0.1) is 11.3 Å². The highest BCUT2D eigenvalue weighted by atomic mass is 32.1. The average molecular weight is 323 g/mol. The van der Waals surface area contributed by atoms with Crippen LogP contribution in [0.5, 0.6) is 0 Å². The number of nitrogens with one attached hydrogen (secondary N) is 2. The summed E-state index contributed by atoms with van der Waals surface area (Å²) < 4.78 is 0. The molecule has 2 heterocycles. The van der Waals surface area contributed by atoms with Crippen LogP contribution in [-0.2, 0) is 0 Å². The number of nitrogens with zero attached hydrogens (tertiary/aromatic N) is 2. The van der Waals surface area contributed by atoms with Gasteiger partial charge in [0.2, 0.25) is 0 Å². The second kappa shape index (κ2) is 8.53. The molecule has 0 radical (unpaired) electrons. The average Bonchev–Trinajstić information content (AvgIpc) is 3.05. The third kappa shape index (κ3) is 4.46. The van der Waals surface area contributed by atoms with Crippen molar-refractivity contribution >= 4 is 17.3 Å². The van der Waals surface area contributed by atoms with Crippen LogP contribution in [0.2, 0.25) is 0 Å². The van der Waals surface area contributed by atoms with Gasteiger partial charge in [-0.2, -0.15) is 0 Å². The van der Waals surface area contributed by atoms with Crippen LogP contribution in [0.3, 0.4) is 0 Å². The Kier molecular flexibility index (Phi) is 6.70. The topological polar surface area (TPSA) is 39.7 Å². The quantitative estimate of drug-likeness (QED) is 0.646. The molecule has 1 aromatic heterocycles. The number of rotatable bonds is 5. The van der Waals surface area contributed by atoms with E-state index in [0.717, 1.165) is 18.9 Å². The zero-order chi connectivity index (χ0) is 15.9. The first-order valence-corrected chi connectivity index (χ1v) is 9.24. The van der Waals surface area contributed by atoms with Crippen molar-refractivity contribution in [2.75, 3.05) is 27.2 Å². The molecule has 2 rings (SSSR count). The van der Waals surface area contributed by atoms with Gasteiger partial charge < -0.3 is 10.6 Å². The Morgan fingerprint density at radius 1 is 1.55 bits per heavy atom. The van der Waals surface area contributed by atoms with Crippen LogP contribution in [0.4, 0.5) is 0 Å². The summed E-state index contributed by atoms with van der Waals surface area (Å²) in [6, 6.07) is 5.42. The molecule has 4 nitrogen and oxygen atoms in total. The molecule has 0 saturated carbocycles. The largest absolute Gasteiger partial charge is 0.356 e. The van der Waals surface area contributed by atoms with E-state index in [9.17, 15) is 0 Å². The molecule has 1 aromatic rings. The smallest absolute Gasteiger partial charge is 0.191 e. The molecule has 1 aliphatic heterocycles. The molecule has 0 aromatic carbocycles. The first-order valence-electron chi connectivity index (χ1n) is 8.36. The molecule has 0 aliphatic carbocycles. The maximum atomic E-state index is 4.35. The van der Waals surface area contributed by atoms with E-state index in [-0.39, 0.29) is 0 Å². The summed E-state index contributed by atoms with van der Waals surface area (Å²) in [6.45, 7) is 6.55. The van der Waals surface area contributed by atoms with Crippen molar-refractivity contribution in [1.29, 1.82) is 0 Å². The van der Waals surface area contributed by atoms with E-state index in [0.29, 0.717) is 18.0 Å². The van der Waals surface area contributed by atoms with Crippen LogP contribution < -0.4 is 10.6 Å². The lowest BCUT2D eigenvalue weighted by Gasteiger charge is -2.39. The molecule has 1 fully saturated rings. The van der Waals surface area contributed by atoms with Gasteiger partial charge in [0.15, 0.2) is 5.96 Å². The Morgan fingerprint density at radius 3 is 3.00 bits per heavy atom. The molecule has 5 heteroatoms. The van der Waals surface area contributed by atoms with Crippen LogP contribution in [0.25, 0.3) is 0 Å². The number of piperidine rings is 1. The zero-order valence-electron chi connectivity index (χ0n) is 14.3. The highest BCUT2D eigenvalue weighted by molar-refractivity contribution is 7.10. The summed E-state index contributed by atoms with van der Waals surface area (Å²) >= 11 is 1.88. The van der Waals surface area contributed by atoms with Crippen LogP contribution in [0.1, 0.15) is 44.0 Å². The number of aliphatic imine (C=N–C) groups is 1. The van der Waals surface area contributed by atoms with E-state index in [1.54, 1.807) is 0 Å². The number of guanidine groups is 1. The minimum Gasteiger partial charge on any atom is -0.356 e. The highest BCUT2D eigenvalue weighted by Crippen LogP contribution is 2.36. The normalized spacial score (nSPS) is 25.0. The summed E-state index contributed by atoms with van der Waals surface area (Å²) in [5.74, 6) is 1.56. The Hall–Kier alpha value is -1.07. The summed E-state index contributed by atoms with van der Waals surface area (Å²) in [7, 11) is 4.10. The van der Waals surface area contributed by atoms with Gasteiger partial charge in [0.1, 0.15) is 0 Å². The van der Waals surface area contributed by atoms with E-state index in [1.807, 2.05) is 18.4 Å². The monoisotopic (exact) mass is 322 g/mol. The predicted molar refractivity (Wildman–Crippen MR) is 96.7 cm³/mol. The molecule has 0 amide bonds. The van der Waals surface area contributed by atoms with E-state index >= 15 is 0 Å². The second-order valence-corrected chi connectivity index (χ2v) is 7.23. The van der Waals surface area contributed by atoms with E-state index in [4.69, 9.17) is 0 Å². The Labute approximate surface area is 139 Å². The summed E-state index contributed by atoms with van der Waals surface area (Å²) in [6.07, 6.45) is 3.66. The summed E-state index contributed by atoms with van der Waals surface area (Å²) in [5.41, 5.74) is 0. The minimum atomic E-state index is 0.452. The molecular weight excluding hydrogens is 292 g/mol. The van der Waals surface area contributed by atoms with Crippen LogP contribution in [0, 0.1) is 5.92 Å². The van der Waals surface area contributed by atoms with Crippen LogP contribution in [0.15, 0.2) is 22.5 Å². The molecule has 3 atom stereocenters. The first kappa shape index (κ1) is 17.3. The van der Waals surface area contributed by atoms with E-state index in [2.05, 4.69) is 58.9 Å². The first-order chi connectivity index (χ1) is 10.7. The van der Waals surface area contributed by atoms with Crippen molar-refractivity contribution in [2.24, 2.45) is 10.9 Å². The molecule has 2 N–H and O–H groups in total. The van der Waals surface area contributed by atoms with Gasteiger partial charge in [-0.05, 0) is 57.1 Å². The van der Waals surface area contributed by atoms with Gasteiger partial charge in [0.25, 0.3) is 0 Å². The van der Waals surface area contributed by atoms with Crippen molar-refractivity contribution in [1.82, 2.24) is 15.5 Å². The maximum Gasteiger partial charge on any atom is 0.191 e. The van der Waals surface area contributed by atoms with Gasteiger partial charge in [-0.1, -0.05) is 13.0 Å². The number of thiophene rings is 1. The number of likely N-dealkylation sites (tertiary alicyclic amines) is 1. The third-order valence-corrected chi connectivity index (χ3v) is 5.54. The van der Waals surface area contributed by atoms with Gasteiger partial charge in [-0.25, -0.2) is 0 Å². The molecule has 1 aliphatic rings. The molecular formula is C17H30N4S. The SMILES string of the molecule is CCC(C)NC(=NC)NCC1CCCN(C)C1c1cccs1. The fraction of sp³-hybridized carbons (Fsp3) is 0.706. The number of hydrogen-bond donors (Lipinski definition) is 2. The summed E-state index contributed by atoms with van der Waals surface area (Å²) in [4.78, 5) is 8.34. The molecule has 3 unspecified atom stereocenters. The second-order valence-electron chi connectivity index (χ2n) is 6.25.